The molecule has 8 nitrogen and oxygen atoms in total. The molecule has 2 fully saturated rings. The normalized spacial score (nSPS) is 27.4. The molecule has 0 saturated carbocycles. The Bertz CT molecular complexity index is 1170. The number of rotatable bonds is 6. The number of carbonyl (C=O) groups is 1. The molecule has 6 atom stereocenters. The van der Waals surface area contributed by atoms with E-state index < -0.39 is 61.0 Å². The monoisotopic (exact) mass is 629 g/mol. The minimum absolute atomic E-state index is 0.127. The predicted molar refractivity (Wildman–Crippen MR) is 155 cm³/mol. The van der Waals surface area contributed by atoms with E-state index in [0.717, 1.165) is 5.56 Å². The smallest absolute Gasteiger partial charge is 0.338 e. The van der Waals surface area contributed by atoms with E-state index in [0.29, 0.717) is 5.56 Å². The summed E-state index contributed by atoms with van der Waals surface area (Å²) in [6, 6.07) is 18.0. The largest absolute Gasteiger partial charge is 0.449 e. The molecule has 0 aromatic heterocycles. The Hall–Kier alpha value is -1.69. The summed E-state index contributed by atoms with van der Waals surface area (Å²) >= 11 is 17.8. The maximum absolute atomic E-state index is 13.3. The van der Waals surface area contributed by atoms with Crippen LogP contribution in [0.4, 0.5) is 0 Å². The number of hydrogen-bond acceptors (Lipinski definition) is 8. The number of alkyl halides is 3. The summed E-state index contributed by atoms with van der Waals surface area (Å²) in [5.41, 5.74) is 1.14. The van der Waals surface area contributed by atoms with Gasteiger partial charge in [-0.2, -0.15) is 0 Å². The van der Waals surface area contributed by atoms with Crippen molar-refractivity contribution in [2.75, 3.05) is 6.61 Å². The molecule has 2 aliphatic rings. The summed E-state index contributed by atoms with van der Waals surface area (Å²) in [5, 5.41) is 8.01. The molecule has 2 heterocycles. The van der Waals surface area contributed by atoms with Crippen LogP contribution in [0.3, 0.4) is 0 Å². The second kappa shape index (κ2) is 12.3. The van der Waals surface area contributed by atoms with Crippen LogP contribution in [0, 0.1) is 5.41 Å². The average molecular weight is 631 g/mol. The summed E-state index contributed by atoms with van der Waals surface area (Å²) in [7, 11) is -2.50. The van der Waals surface area contributed by atoms with Crippen molar-refractivity contribution in [2.45, 2.75) is 79.7 Å². The number of benzene rings is 2. The molecule has 218 valence electrons. The van der Waals surface area contributed by atoms with Gasteiger partial charge in [-0.3, -0.25) is 5.41 Å². The van der Waals surface area contributed by atoms with Crippen molar-refractivity contribution >= 4 is 55.0 Å². The highest BCUT2D eigenvalue weighted by atomic mass is 35.6. The van der Waals surface area contributed by atoms with Gasteiger partial charge in [-0.05, 0) is 30.3 Å². The van der Waals surface area contributed by atoms with E-state index in [2.05, 4.69) is 33.9 Å². The van der Waals surface area contributed by atoms with Gasteiger partial charge in [0.15, 0.2) is 20.7 Å². The second-order valence-electron chi connectivity index (χ2n) is 11.2. The zero-order chi connectivity index (χ0) is 29.3. The summed E-state index contributed by atoms with van der Waals surface area (Å²) in [5.74, 6) is -1.32. The molecular weight excluding hydrogens is 597 g/mol. The maximum atomic E-state index is 13.3. The molecule has 2 aromatic rings. The van der Waals surface area contributed by atoms with E-state index in [1.807, 2.05) is 30.3 Å². The Morgan fingerprint density at radius 3 is 2.10 bits per heavy atom. The second-order valence-corrected chi connectivity index (χ2v) is 18.3. The lowest BCUT2D eigenvalue weighted by atomic mass is 9.97. The van der Waals surface area contributed by atoms with Crippen LogP contribution in [0.15, 0.2) is 60.7 Å². The van der Waals surface area contributed by atoms with Gasteiger partial charge in [0.2, 0.25) is 12.2 Å². The highest BCUT2D eigenvalue weighted by Crippen LogP contribution is 2.43. The summed E-state index contributed by atoms with van der Waals surface area (Å²) in [6.07, 6.45) is -5.45. The molecule has 3 unspecified atom stereocenters. The Morgan fingerprint density at radius 1 is 0.925 bits per heavy atom. The predicted octanol–water partition coefficient (Wildman–Crippen LogP) is 6.81. The van der Waals surface area contributed by atoms with Crippen LogP contribution in [0.25, 0.3) is 0 Å². The molecule has 2 aromatic carbocycles. The van der Waals surface area contributed by atoms with E-state index in [1.54, 1.807) is 30.3 Å². The standard InChI is InChI=1S/C28H34Cl3NO7Si/c1-27(2,3)40(4,5)39-21-20-19(16-34-24(37-20)18-14-10-7-11-15-18)35-25(38-26(32)28(29,30)31)22(21)36-23(33)17-12-8-6-9-13-17/h6-15,19-22,24-25,32H,16H2,1-5H3/t19?,20-,21+,22?,24?,25-/m1/s1. The third kappa shape index (κ3) is 7.20. The van der Waals surface area contributed by atoms with Crippen molar-refractivity contribution in [3.8, 4) is 0 Å². The number of hydrogen-bond donors (Lipinski definition) is 1. The zero-order valence-corrected chi connectivity index (χ0v) is 26.2. The van der Waals surface area contributed by atoms with Crippen molar-refractivity contribution in [1.29, 1.82) is 5.41 Å². The van der Waals surface area contributed by atoms with Crippen LogP contribution in [0.5, 0.6) is 0 Å². The minimum atomic E-state index is -2.50. The van der Waals surface area contributed by atoms with E-state index in [-0.39, 0.29) is 11.6 Å². The molecule has 0 amide bonds. The van der Waals surface area contributed by atoms with Crippen molar-refractivity contribution in [3.63, 3.8) is 0 Å². The first-order valence-electron chi connectivity index (χ1n) is 12.9. The molecule has 1 N–H and O–H groups in total. The molecule has 2 saturated heterocycles. The van der Waals surface area contributed by atoms with Crippen molar-refractivity contribution in [2.24, 2.45) is 0 Å². The Labute approximate surface area is 250 Å². The topological polar surface area (TPSA) is 96.3 Å². The van der Waals surface area contributed by atoms with Crippen LogP contribution >= 0.6 is 34.8 Å². The van der Waals surface area contributed by atoms with Gasteiger partial charge < -0.3 is 28.1 Å². The number of carbonyl (C=O) groups excluding carboxylic acids is 1. The third-order valence-electron chi connectivity index (χ3n) is 7.34. The van der Waals surface area contributed by atoms with Gasteiger partial charge in [-0.25, -0.2) is 4.79 Å². The highest BCUT2D eigenvalue weighted by molar-refractivity contribution is 6.76. The first kappa shape index (κ1) is 31.2. The summed E-state index contributed by atoms with van der Waals surface area (Å²) in [6.45, 7) is 10.6. The van der Waals surface area contributed by atoms with Crippen molar-refractivity contribution < 1.29 is 32.9 Å². The van der Waals surface area contributed by atoms with Crippen molar-refractivity contribution in [1.82, 2.24) is 0 Å². The molecule has 0 radical (unpaired) electrons. The third-order valence-corrected chi connectivity index (χ3v) is 12.3. The Kier molecular flexibility index (Phi) is 9.59. The fourth-order valence-corrected chi connectivity index (χ4v) is 5.58. The molecule has 0 aliphatic carbocycles. The Balaban J connectivity index is 1.74. The van der Waals surface area contributed by atoms with E-state index in [9.17, 15) is 4.79 Å². The summed E-state index contributed by atoms with van der Waals surface area (Å²) in [4.78, 5) is 13.3. The minimum Gasteiger partial charge on any atom is -0.449 e. The van der Waals surface area contributed by atoms with Gasteiger partial charge >= 0.3 is 5.97 Å². The number of nitrogens with one attached hydrogen (secondary N) is 1. The molecule has 12 heteroatoms. The lowest BCUT2D eigenvalue weighted by Crippen LogP contribution is -2.66. The Morgan fingerprint density at radius 2 is 1.52 bits per heavy atom. The molecule has 4 rings (SSSR count). The SMILES string of the molecule is CC(C)(C)[Si](C)(C)O[C@@H]1C(OC(=O)c2ccccc2)[C@@H](OC(=N)C(Cl)(Cl)Cl)OC2COC(c3ccccc3)O[C@H]21. The van der Waals surface area contributed by atoms with Crippen molar-refractivity contribution in [3.05, 3.63) is 71.8 Å². The average Bonchev–Trinajstić information content (AvgIpc) is 2.90. The zero-order valence-electron chi connectivity index (χ0n) is 22.9. The maximum Gasteiger partial charge on any atom is 0.338 e. The molecule has 2 aliphatic heterocycles. The van der Waals surface area contributed by atoms with Gasteiger partial charge in [0.05, 0.1) is 12.2 Å². The first-order valence-corrected chi connectivity index (χ1v) is 17.0. The number of fused-ring (bicyclic) bond motifs is 1. The van der Waals surface area contributed by atoms with Gasteiger partial charge in [0.25, 0.3) is 3.79 Å². The lowest BCUT2D eigenvalue weighted by Gasteiger charge is -2.51. The highest BCUT2D eigenvalue weighted by Gasteiger charge is 2.56. The lowest BCUT2D eigenvalue weighted by molar-refractivity contribution is -0.349. The molecule has 40 heavy (non-hydrogen) atoms. The first-order chi connectivity index (χ1) is 18.7. The number of ether oxygens (including phenoxy) is 5. The quantitative estimate of drug-likeness (QED) is 0.123. The van der Waals surface area contributed by atoms with Gasteiger partial charge in [0.1, 0.15) is 18.3 Å². The van der Waals surface area contributed by atoms with Gasteiger partial charge in [-0.1, -0.05) is 104 Å². The fourth-order valence-electron chi connectivity index (χ4n) is 4.15. The fraction of sp³-hybridized carbons (Fsp3) is 0.500. The molecule has 0 spiro atoms. The van der Waals surface area contributed by atoms with Crippen LogP contribution in [-0.2, 0) is 28.1 Å². The van der Waals surface area contributed by atoms with Crippen LogP contribution in [0.1, 0.15) is 43.0 Å². The number of halogens is 3. The number of esters is 1. The van der Waals surface area contributed by atoms with Crippen LogP contribution in [-0.4, -0.2) is 61.3 Å². The van der Waals surface area contributed by atoms with Crippen LogP contribution < -0.4 is 0 Å². The summed E-state index contributed by atoms with van der Waals surface area (Å²) < 4.78 is 35.1. The molecular formula is C28H34Cl3NO7Si. The van der Waals surface area contributed by atoms with E-state index >= 15 is 0 Å². The van der Waals surface area contributed by atoms with Gasteiger partial charge in [-0.15, -0.1) is 0 Å². The molecule has 0 bridgehead atoms. The van der Waals surface area contributed by atoms with Crippen LogP contribution in [0.2, 0.25) is 18.1 Å². The van der Waals surface area contributed by atoms with E-state index in [1.165, 1.54) is 0 Å². The van der Waals surface area contributed by atoms with E-state index in [4.69, 9.17) is 68.3 Å². The van der Waals surface area contributed by atoms with Gasteiger partial charge in [0, 0.05) is 5.56 Å².